The fourth-order valence-corrected chi connectivity index (χ4v) is 2.13. The lowest BCUT2D eigenvalue weighted by atomic mass is 10.1. The van der Waals surface area contributed by atoms with Gasteiger partial charge in [-0.15, -0.1) is 0 Å². The Balaban J connectivity index is 2.29. The number of rotatable bonds is 5. The molecular formula is C14H13ClN2O5. The molecule has 2 N–H and O–H groups in total. The number of nitrogens with one attached hydrogen (secondary N) is 1. The SMILES string of the molecule is COC(=O)c1cc(Cl)ccc1NC1=CC(=O)N(CCO)C1=O. The Morgan fingerprint density at radius 2 is 2.14 bits per heavy atom. The normalized spacial score (nSPS) is 14.1. The highest BCUT2D eigenvalue weighted by Crippen LogP contribution is 2.24. The monoisotopic (exact) mass is 324 g/mol. The molecule has 1 aliphatic rings. The third-order valence-electron chi connectivity index (χ3n) is 2.99. The summed E-state index contributed by atoms with van der Waals surface area (Å²) in [6, 6.07) is 4.43. The number of carbonyl (C=O) groups is 3. The van der Waals surface area contributed by atoms with E-state index in [9.17, 15) is 14.4 Å². The molecule has 0 radical (unpaired) electrons. The molecule has 0 unspecified atom stereocenters. The van der Waals surface area contributed by atoms with Crippen molar-refractivity contribution in [1.29, 1.82) is 0 Å². The quantitative estimate of drug-likeness (QED) is 0.614. The minimum Gasteiger partial charge on any atom is -0.465 e. The first-order valence-corrected chi connectivity index (χ1v) is 6.69. The molecule has 0 atom stereocenters. The van der Waals surface area contributed by atoms with Gasteiger partial charge in [0, 0.05) is 11.1 Å². The molecule has 0 saturated heterocycles. The molecule has 1 heterocycles. The molecule has 1 aromatic carbocycles. The molecular weight excluding hydrogens is 312 g/mol. The van der Waals surface area contributed by atoms with Gasteiger partial charge in [0.25, 0.3) is 11.8 Å². The second kappa shape index (κ2) is 6.59. The summed E-state index contributed by atoms with van der Waals surface area (Å²) < 4.78 is 4.65. The van der Waals surface area contributed by atoms with Crippen molar-refractivity contribution in [3.8, 4) is 0 Å². The van der Waals surface area contributed by atoms with E-state index in [1.807, 2.05) is 0 Å². The Bertz CT molecular complexity index is 671. The number of anilines is 1. The molecule has 8 heteroatoms. The zero-order valence-electron chi connectivity index (χ0n) is 11.6. The van der Waals surface area contributed by atoms with E-state index in [-0.39, 0.29) is 30.1 Å². The van der Waals surface area contributed by atoms with E-state index in [0.29, 0.717) is 5.02 Å². The minimum absolute atomic E-state index is 0.00549. The molecule has 22 heavy (non-hydrogen) atoms. The number of hydrogen-bond donors (Lipinski definition) is 2. The Labute approximate surface area is 131 Å². The van der Waals surface area contributed by atoms with Crippen LogP contribution in [0.2, 0.25) is 5.02 Å². The van der Waals surface area contributed by atoms with Crippen molar-refractivity contribution in [3.63, 3.8) is 0 Å². The van der Waals surface area contributed by atoms with Crippen molar-refractivity contribution in [1.82, 2.24) is 4.90 Å². The number of nitrogens with zero attached hydrogens (tertiary/aromatic N) is 1. The van der Waals surface area contributed by atoms with Crippen LogP contribution in [-0.2, 0) is 14.3 Å². The van der Waals surface area contributed by atoms with Gasteiger partial charge in [-0.2, -0.15) is 0 Å². The van der Waals surface area contributed by atoms with Gasteiger partial charge in [0.15, 0.2) is 0 Å². The number of esters is 1. The predicted octanol–water partition coefficient (Wildman–Crippen LogP) is 0.783. The zero-order chi connectivity index (χ0) is 16.3. The molecule has 116 valence electrons. The number of β-amino-alcohol motifs (C(OH)–C–C–N with tert-alkyl or cyclic N) is 1. The first-order valence-electron chi connectivity index (χ1n) is 6.31. The molecule has 0 aliphatic carbocycles. The van der Waals surface area contributed by atoms with Crippen LogP contribution < -0.4 is 5.32 Å². The van der Waals surface area contributed by atoms with Crippen molar-refractivity contribution >= 4 is 35.1 Å². The molecule has 0 spiro atoms. The summed E-state index contributed by atoms with van der Waals surface area (Å²) in [5, 5.41) is 11.9. The van der Waals surface area contributed by atoms with Crippen LogP contribution in [0.1, 0.15) is 10.4 Å². The van der Waals surface area contributed by atoms with Gasteiger partial charge in [0.05, 0.1) is 31.5 Å². The van der Waals surface area contributed by atoms with E-state index < -0.39 is 17.8 Å². The third kappa shape index (κ3) is 3.10. The molecule has 1 aromatic rings. The van der Waals surface area contributed by atoms with E-state index in [1.165, 1.54) is 25.3 Å². The van der Waals surface area contributed by atoms with E-state index in [4.69, 9.17) is 16.7 Å². The number of hydrogen-bond acceptors (Lipinski definition) is 6. The number of amides is 2. The summed E-state index contributed by atoms with van der Waals surface area (Å²) in [5.74, 6) is -1.74. The highest BCUT2D eigenvalue weighted by atomic mass is 35.5. The second-order valence-corrected chi connectivity index (χ2v) is 4.82. The number of methoxy groups -OCH3 is 1. The number of imide groups is 1. The molecule has 0 fully saturated rings. The summed E-state index contributed by atoms with van der Waals surface area (Å²) in [6.07, 6.45) is 1.10. The predicted molar refractivity (Wildman–Crippen MR) is 78.3 cm³/mol. The van der Waals surface area contributed by atoms with Crippen molar-refractivity contribution in [3.05, 3.63) is 40.6 Å². The lowest BCUT2D eigenvalue weighted by Crippen LogP contribution is -2.34. The average molecular weight is 325 g/mol. The zero-order valence-corrected chi connectivity index (χ0v) is 12.4. The van der Waals surface area contributed by atoms with E-state index >= 15 is 0 Å². The molecule has 0 saturated carbocycles. The smallest absolute Gasteiger partial charge is 0.340 e. The van der Waals surface area contributed by atoms with Crippen LogP contribution in [-0.4, -0.2) is 48.1 Å². The fraction of sp³-hybridized carbons (Fsp3) is 0.214. The maximum Gasteiger partial charge on any atom is 0.340 e. The second-order valence-electron chi connectivity index (χ2n) is 4.38. The van der Waals surface area contributed by atoms with Crippen LogP contribution in [0, 0.1) is 0 Å². The van der Waals surface area contributed by atoms with Gasteiger partial charge in [0.2, 0.25) is 0 Å². The summed E-state index contributed by atoms with van der Waals surface area (Å²) >= 11 is 5.84. The van der Waals surface area contributed by atoms with Gasteiger partial charge in [-0.05, 0) is 18.2 Å². The summed E-state index contributed by atoms with van der Waals surface area (Å²) in [5.41, 5.74) is 0.428. The number of carbonyl (C=O) groups excluding carboxylic acids is 3. The molecule has 1 aliphatic heterocycles. The maximum absolute atomic E-state index is 12.0. The first-order chi connectivity index (χ1) is 10.5. The van der Waals surface area contributed by atoms with Crippen molar-refractivity contribution in [2.75, 3.05) is 25.6 Å². The first kappa shape index (κ1) is 16.0. The largest absolute Gasteiger partial charge is 0.465 e. The fourth-order valence-electron chi connectivity index (χ4n) is 1.96. The summed E-state index contributed by atoms with van der Waals surface area (Å²) in [6.45, 7) is -0.420. The number of aliphatic hydroxyl groups is 1. The van der Waals surface area contributed by atoms with Gasteiger partial charge in [-0.1, -0.05) is 11.6 Å². The van der Waals surface area contributed by atoms with Gasteiger partial charge >= 0.3 is 5.97 Å². The van der Waals surface area contributed by atoms with Crippen LogP contribution in [0.15, 0.2) is 30.0 Å². The molecule has 2 amide bonds. The van der Waals surface area contributed by atoms with Gasteiger partial charge in [0.1, 0.15) is 5.70 Å². The standard InChI is InChI=1S/C14H13ClN2O5/c1-22-14(21)9-6-8(15)2-3-10(9)16-11-7-12(19)17(4-5-18)13(11)20/h2-3,6-7,16,18H,4-5H2,1H3. The summed E-state index contributed by atoms with van der Waals surface area (Å²) in [7, 11) is 1.22. The van der Waals surface area contributed by atoms with Crippen molar-refractivity contribution in [2.24, 2.45) is 0 Å². The van der Waals surface area contributed by atoms with E-state index in [2.05, 4.69) is 10.1 Å². The third-order valence-corrected chi connectivity index (χ3v) is 3.22. The Morgan fingerprint density at radius 3 is 2.77 bits per heavy atom. The van der Waals surface area contributed by atoms with Crippen molar-refractivity contribution in [2.45, 2.75) is 0 Å². The Kier molecular flexibility index (Phi) is 4.79. The van der Waals surface area contributed by atoms with Crippen LogP contribution in [0.3, 0.4) is 0 Å². The van der Waals surface area contributed by atoms with Crippen LogP contribution in [0.25, 0.3) is 0 Å². The van der Waals surface area contributed by atoms with Crippen LogP contribution in [0.5, 0.6) is 0 Å². The van der Waals surface area contributed by atoms with Crippen molar-refractivity contribution < 1.29 is 24.2 Å². The number of halogens is 1. The highest BCUT2D eigenvalue weighted by molar-refractivity contribution is 6.31. The highest BCUT2D eigenvalue weighted by Gasteiger charge is 2.31. The average Bonchev–Trinajstić information content (AvgIpc) is 2.76. The lowest BCUT2D eigenvalue weighted by molar-refractivity contribution is -0.137. The van der Waals surface area contributed by atoms with Gasteiger partial charge in [-0.25, -0.2) is 4.79 Å². The molecule has 7 nitrogen and oxygen atoms in total. The molecule has 0 aromatic heterocycles. The molecule has 0 bridgehead atoms. The maximum atomic E-state index is 12.0. The Morgan fingerprint density at radius 1 is 1.41 bits per heavy atom. The minimum atomic E-state index is -0.630. The summed E-state index contributed by atoms with van der Waals surface area (Å²) in [4.78, 5) is 36.4. The number of ether oxygens (including phenoxy) is 1. The topological polar surface area (TPSA) is 95.9 Å². The van der Waals surface area contributed by atoms with Gasteiger partial charge < -0.3 is 15.2 Å². The van der Waals surface area contributed by atoms with Gasteiger partial charge in [-0.3, -0.25) is 14.5 Å². The van der Waals surface area contributed by atoms with E-state index in [1.54, 1.807) is 0 Å². The number of benzene rings is 1. The van der Waals surface area contributed by atoms with Crippen LogP contribution in [0.4, 0.5) is 5.69 Å². The Hall–Kier alpha value is -2.38. The molecule has 2 rings (SSSR count). The number of aliphatic hydroxyl groups excluding tert-OH is 1. The van der Waals surface area contributed by atoms with Crippen LogP contribution >= 0.6 is 11.6 Å². The lowest BCUT2D eigenvalue weighted by Gasteiger charge is -2.14. The van der Waals surface area contributed by atoms with E-state index in [0.717, 1.165) is 11.0 Å².